The van der Waals surface area contributed by atoms with Crippen molar-refractivity contribution in [2.45, 2.75) is 68.2 Å². The first-order valence-corrected chi connectivity index (χ1v) is 12.5. The lowest BCUT2D eigenvalue weighted by molar-refractivity contribution is -0.659. The summed E-state index contributed by atoms with van der Waals surface area (Å²) in [6.45, 7) is 18.3. The van der Waals surface area contributed by atoms with E-state index in [2.05, 4.69) is 110 Å². The van der Waals surface area contributed by atoms with Gasteiger partial charge in [-0.3, -0.25) is 0 Å². The van der Waals surface area contributed by atoms with Gasteiger partial charge in [0.25, 0.3) is 0 Å². The first kappa shape index (κ1) is 22.9. The molecule has 0 aliphatic carbocycles. The zero-order valence-electron chi connectivity index (χ0n) is 22.3. The molecule has 0 spiro atoms. The van der Waals surface area contributed by atoms with Gasteiger partial charge in [-0.05, 0) is 70.9 Å². The molecule has 0 amide bonds. The Morgan fingerprint density at radius 3 is 2.21 bits per heavy atom. The molecule has 0 fully saturated rings. The molecule has 1 aromatic heterocycles. The summed E-state index contributed by atoms with van der Waals surface area (Å²) in [7, 11) is 2.17. The van der Waals surface area contributed by atoms with E-state index < -0.39 is 0 Å². The topological polar surface area (TPSA) is 13.1 Å². The standard InChI is InChI=1S/C32H38NO/c1-19-10-11-23-20(2)27-29-28-22(12-13-33(29)9)15-21(17-31(3,4)5)16-26(28)34-30(27)25(24(23)14-19)18-32(6,7)8/h10-16H,17-18H2,1-9H3/q+1. The number of aryl methyl sites for hydroxylation is 3. The SMILES string of the molecule is Cc1ccc2c(C)c3c(c(CC(C)(C)C)c2c1)Oc1cc(CC(C)(C)C)cc2cc[n+](C)c-3c12. The van der Waals surface area contributed by atoms with Crippen molar-refractivity contribution in [2.24, 2.45) is 17.9 Å². The van der Waals surface area contributed by atoms with Gasteiger partial charge in [-0.15, -0.1) is 0 Å². The molecule has 0 bridgehead atoms. The van der Waals surface area contributed by atoms with Gasteiger partial charge in [-0.2, -0.15) is 0 Å². The summed E-state index contributed by atoms with van der Waals surface area (Å²) in [6.07, 6.45) is 4.19. The second-order valence-electron chi connectivity index (χ2n) is 12.8. The highest BCUT2D eigenvalue weighted by Crippen LogP contribution is 2.52. The Kier molecular flexibility index (Phi) is 5.10. The first-order chi connectivity index (χ1) is 15.8. The lowest BCUT2D eigenvalue weighted by atomic mass is 9.81. The average Bonchev–Trinajstić information content (AvgIpc) is 2.70. The number of benzene rings is 3. The van der Waals surface area contributed by atoms with Crippen molar-refractivity contribution in [3.8, 4) is 22.8 Å². The van der Waals surface area contributed by atoms with E-state index in [1.54, 1.807) is 0 Å². The van der Waals surface area contributed by atoms with Gasteiger partial charge in [0.1, 0.15) is 18.5 Å². The predicted molar refractivity (Wildman–Crippen MR) is 144 cm³/mol. The Bertz CT molecular complexity index is 1460. The summed E-state index contributed by atoms with van der Waals surface area (Å²) < 4.78 is 9.23. The van der Waals surface area contributed by atoms with Crippen molar-refractivity contribution in [2.75, 3.05) is 0 Å². The molecule has 5 rings (SSSR count). The third kappa shape index (κ3) is 3.87. The van der Waals surface area contributed by atoms with Crippen molar-refractivity contribution < 1.29 is 9.30 Å². The van der Waals surface area contributed by atoms with Crippen LogP contribution in [-0.2, 0) is 19.9 Å². The second kappa shape index (κ2) is 7.57. The zero-order valence-corrected chi connectivity index (χ0v) is 22.3. The molecular weight excluding hydrogens is 414 g/mol. The van der Waals surface area contributed by atoms with E-state index in [-0.39, 0.29) is 10.8 Å². The highest BCUT2D eigenvalue weighted by molar-refractivity contribution is 6.06. The van der Waals surface area contributed by atoms with Crippen LogP contribution in [0, 0.1) is 24.7 Å². The number of hydrogen-bond acceptors (Lipinski definition) is 1. The zero-order chi connectivity index (χ0) is 24.6. The Balaban J connectivity index is 1.90. The van der Waals surface area contributed by atoms with E-state index in [1.807, 2.05) is 0 Å². The molecule has 0 saturated heterocycles. The van der Waals surface area contributed by atoms with Gasteiger partial charge in [0.15, 0.2) is 6.20 Å². The highest BCUT2D eigenvalue weighted by Gasteiger charge is 2.34. The number of rotatable bonds is 2. The Morgan fingerprint density at radius 1 is 0.824 bits per heavy atom. The quantitative estimate of drug-likeness (QED) is 0.245. The van der Waals surface area contributed by atoms with E-state index in [1.165, 1.54) is 55.1 Å². The largest absolute Gasteiger partial charge is 0.455 e. The van der Waals surface area contributed by atoms with Crippen LogP contribution in [0.25, 0.3) is 32.8 Å². The molecule has 0 atom stereocenters. The minimum absolute atomic E-state index is 0.144. The normalized spacial score (nSPS) is 13.3. The third-order valence-electron chi connectivity index (χ3n) is 6.93. The molecule has 34 heavy (non-hydrogen) atoms. The molecule has 4 aromatic rings. The number of aromatic nitrogens is 1. The fourth-order valence-corrected chi connectivity index (χ4v) is 5.65. The van der Waals surface area contributed by atoms with Gasteiger partial charge < -0.3 is 4.74 Å². The van der Waals surface area contributed by atoms with E-state index in [4.69, 9.17) is 4.74 Å². The fraction of sp³-hybridized carbons (Fsp3) is 0.406. The molecule has 0 radical (unpaired) electrons. The van der Waals surface area contributed by atoms with Gasteiger partial charge in [0.2, 0.25) is 5.69 Å². The summed E-state index contributed by atoms with van der Waals surface area (Å²) in [6, 6.07) is 13.8. The fourth-order valence-electron chi connectivity index (χ4n) is 5.65. The maximum atomic E-state index is 6.95. The van der Waals surface area contributed by atoms with Crippen LogP contribution in [0.15, 0.2) is 42.6 Å². The van der Waals surface area contributed by atoms with Gasteiger partial charge in [0, 0.05) is 11.6 Å². The van der Waals surface area contributed by atoms with Crippen molar-refractivity contribution in [3.63, 3.8) is 0 Å². The molecule has 2 nitrogen and oxygen atoms in total. The number of ether oxygens (including phenoxy) is 1. The first-order valence-electron chi connectivity index (χ1n) is 12.5. The van der Waals surface area contributed by atoms with E-state index in [0.717, 1.165) is 24.3 Å². The van der Waals surface area contributed by atoms with Crippen LogP contribution >= 0.6 is 0 Å². The molecule has 1 aliphatic heterocycles. The van der Waals surface area contributed by atoms with Crippen molar-refractivity contribution in [3.05, 3.63) is 64.8 Å². The summed E-state index contributed by atoms with van der Waals surface area (Å²) >= 11 is 0. The van der Waals surface area contributed by atoms with Gasteiger partial charge >= 0.3 is 0 Å². The predicted octanol–water partition coefficient (Wildman–Crippen LogP) is 8.38. The van der Waals surface area contributed by atoms with Crippen LogP contribution < -0.4 is 9.30 Å². The maximum absolute atomic E-state index is 6.95. The summed E-state index contributed by atoms with van der Waals surface area (Å²) in [4.78, 5) is 0. The number of fused-ring (bicyclic) bond motifs is 3. The van der Waals surface area contributed by atoms with E-state index in [0.29, 0.717) is 0 Å². The highest BCUT2D eigenvalue weighted by atomic mass is 16.5. The minimum Gasteiger partial charge on any atom is -0.455 e. The molecular formula is C32H38NO+. The van der Waals surface area contributed by atoms with Gasteiger partial charge in [-0.25, -0.2) is 4.57 Å². The Hall–Kier alpha value is -2.87. The van der Waals surface area contributed by atoms with Crippen molar-refractivity contribution >= 4 is 21.5 Å². The molecule has 0 saturated carbocycles. The Labute approximate surface area is 204 Å². The number of hydrogen-bond donors (Lipinski definition) is 0. The molecule has 2 heterocycles. The van der Waals surface area contributed by atoms with Crippen LogP contribution in [0.1, 0.15) is 63.8 Å². The number of nitrogens with zero attached hydrogens (tertiary/aromatic N) is 1. The lowest BCUT2D eigenvalue weighted by Crippen LogP contribution is -2.32. The maximum Gasteiger partial charge on any atom is 0.228 e. The van der Waals surface area contributed by atoms with Crippen LogP contribution in [0.5, 0.6) is 11.5 Å². The third-order valence-corrected chi connectivity index (χ3v) is 6.93. The van der Waals surface area contributed by atoms with Crippen LogP contribution in [0.3, 0.4) is 0 Å². The summed E-state index contributed by atoms with van der Waals surface area (Å²) in [5.74, 6) is 2.05. The minimum atomic E-state index is 0.144. The molecule has 1 aliphatic rings. The van der Waals surface area contributed by atoms with E-state index >= 15 is 0 Å². The van der Waals surface area contributed by atoms with Gasteiger partial charge in [0.05, 0.1) is 10.9 Å². The molecule has 176 valence electrons. The summed E-state index contributed by atoms with van der Waals surface area (Å²) in [5, 5.41) is 5.15. The summed E-state index contributed by atoms with van der Waals surface area (Å²) in [5.41, 5.74) is 8.14. The Morgan fingerprint density at radius 2 is 1.53 bits per heavy atom. The van der Waals surface area contributed by atoms with Crippen molar-refractivity contribution in [1.82, 2.24) is 0 Å². The second-order valence-corrected chi connectivity index (χ2v) is 12.8. The van der Waals surface area contributed by atoms with Crippen LogP contribution in [0.2, 0.25) is 0 Å². The monoisotopic (exact) mass is 452 g/mol. The molecule has 3 aromatic carbocycles. The van der Waals surface area contributed by atoms with Crippen molar-refractivity contribution in [1.29, 1.82) is 0 Å². The lowest BCUT2D eigenvalue weighted by Gasteiger charge is -2.28. The van der Waals surface area contributed by atoms with Crippen LogP contribution in [0.4, 0.5) is 0 Å². The molecule has 0 unspecified atom stereocenters. The molecule has 2 heteroatoms. The number of pyridine rings is 1. The molecule has 0 N–H and O–H groups in total. The van der Waals surface area contributed by atoms with Gasteiger partial charge in [-0.1, -0.05) is 71.4 Å². The smallest absolute Gasteiger partial charge is 0.228 e. The average molecular weight is 453 g/mol. The van der Waals surface area contributed by atoms with E-state index in [9.17, 15) is 0 Å². The van der Waals surface area contributed by atoms with Crippen LogP contribution in [-0.4, -0.2) is 0 Å².